The third kappa shape index (κ3) is 4.59. The maximum atomic E-state index is 13.6. The van der Waals surface area contributed by atoms with Crippen LogP contribution in [0.1, 0.15) is 40.9 Å². The van der Waals surface area contributed by atoms with Gasteiger partial charge in [-0.1, -0.05) is 0 Å². The van der Waals surface area contributed by atoms with Crippen molar-refractivity contribution < 1.29 is 9.11 Å². The number of aryl methyl sites for hydroxylation is 3. The van der Waals surface area contributed by atoms with Crippen molar-refractivity contribution in [2.24, 2.45) is 7.05 Å². The van der Waals surface area contributed by atoms with E-state index in [-0.39, 0.29) is 28.9 Å². The summed E-state index contributed by atoms with van der Waals surface area (Å²) in [6.07, 6.45) is 5.07. The summed E-state index contributed by atoms with van der Waals surface area (Å²) in [5.74, 6) is 0. The monoisotopic (exact) mass is 516 g/mol. The van der Waals surface area contributed by atoms with Crippen molar-refractivity contribution in [3.63, 3.8) is 0 Å². The van der Waals surface area contributed by atoms with Crippen LogP contribution in [0.2, 0.25) is 0 Å². The largest absolute Gasteiger partial charge is 0.332 e. The van der Waals surface area contributed by atoms with Crippen molar-refractivity contribution in [2.75, 3.05) is 0 Å². The summed E-state index contributed by atoms with van der Waals surface area (Å²) in [6, 6.07) is 4.68. The van der Waals surface area contributed by atoms with Crippen LogP contribution in [0.5, 0.6) is 0 Å². The van der Waals surface area contributed by atoms with E-state index in [9.17, 15) is 18.7 Å². The number of hydrogen-bond acceptors (Lipinski definition) is 8. The molecule has 0 bridgehead atoms. The van der Waals surface area contributed by atoms with Crippen molar-refractivity contribution in [2.45, 2.75) is 57.1 Å². The van der Waals surface area contributed by atoms with Crippen LogP contribution < -0.4 is 16.0 Å². The summed E-state index contributed by atoms with van der Waals surface area (Å²) in [5, 5.41) is 5.28. The van der Waals surface area contributed by atoms with Crippen LogP contribution in [-0.2, 0) is 20.1 Å². The normalized spacial score (nSPS) is 15.6. The van der Waals surface area contributed by atoms with Gasteiger partial charge in [-0.3, -0.25) is 27.7 Å². The van der Waals surface area contributed by atoms with Crippen LogP contribution in [0.3, 0.4) is 0 Å². The van der Waals surface area contributed by atoms with Crippen molar-refractivity contribution >= 4 is 33.0 Å². The van der Waals surface area contributed by atoms with Crippen LogP contribution in [0.25, 0.3) is 10.9 Å². The smallest absolute Gasteiger partial charge is 0.288 e. The zero-order valence-corrected chi connectivity index (χ0v) is 21.6. The molecule has 0 unspecified atom stereocenters. The van der Waals surface area contributed by atoms with Gasteiger partial charge in [-0.05, 0) is 51.8 Å². The molecule has 3 N–H and O–H groups in total. The first-order valence-corrected chi connectivity index (χ1v) is 13.6. The first-order chi connectivity index (χ1) is 16.5. The Kier molecular flexibility index (Phi) is 5.76. The molecular weight excluding hydrogens is 488 g/mol. The number of thiazole rings is 1. The third-order valence-electron chi connectivity index (χ3n) is 6.31. The van der Waals surface area contributed by atoms with Crippen LogP contribution in [0.4, 0.5) is 0 Å². The fraction of sp³-hybridized carbons (Fsp3) is 0.391. The maximum Gasteiger partial charge on any atom is 0.332 e. The number of aromatic nitrogens is 5. The standard InChI is InChI=1S/C23H28N6O4S2/c1-14-20(34-15(2)25-14)13-28-19-6-5-17(35(32,33)26-23(3)7-8-23)9-18(19)21(30)29(22(28)31)12-16-10-24-27(4)11-16/h5-6,9-11,26,32-33H,7-8,12-13H2,1-4H3. The molecule has 0 amide bonds. The van der Waals surface area contributed by atoms with Gasteiger partial charge in [-0.2, -0.15) is 5.10 Å². The number of nitrogens with one attached hydrogen (secondary N) is 1. The highest BCUT2D eigenvalue weighted by Crippen LogP contribution is 2.51. The first kappa shape index (κ1) is 23.9. The van der Waals surface area contributed by atoms with Gasteiger partial charge in [-0.25, -0.2) is 14.5 Å². The van der Waals surface area contributed by atoms with Crippen LogP contribution in [-0.4, -0.2) is 38.5 Å². The van der Waals surface area contributed by atoms with Gasteiger partial charge in [-0.15, -0.1) is 22.1 Å². The van der Waals surface area contributed by atoms with E-state index in [0.717, 1.165) is 28.4 Å². The molecule has 1 fully saturated rings. The average Bonchev–Trinajstić information content (AvgIpc) is 3.20. The molecule has 0 aliphatic heterocycles. The fourth-order valence-corrected chi connectivity index (χ4v) is 6.64. The van der Waals surface area contributed by atoms with Crippen molar-refractivity contribution in [3.05, 3.63) is 72.6 Å². The van der Waals surface area contributed by atoms with Crippen molar-refractivity contribution in [1.82, 2.24) is 28.6 Å². The quantitative estimate of drug-likeness (QED) is 0.344. The molecule has 4 aromatic rings. The zero-order chi connectivity index (χ0) is 25.1. The minimum Gasteiger partial charge on any atom is -0.288 e. The Morgan fingerprint density at radius 2 is 1.91 bits per heavy atom. The number of hydrogen-bond donors (Lipinski definition) is 3. The molecule has 10 nitrogen and oxygen atoms in total. The molecule has 1 saturated carbocycles. The summed E-state index contributed by atoms with van der Waals surface area (Å²) >= 11 is 1.51. The van der Waals surface area contributed by atoms with E-state index in [0.29, 0.717) is 11.1 Å². The lowest BCUT2D eigenvalue weighted by Gasteiger charge is -2.36. The Morgan fingerprint density at radius 3 is 2.51 bits per heavy atom. The molecule has 12 heteroatoms. The lowest BCUT2D eigenvalue weighted by atomic mass is 10.2. The Morgan fingerprint density at radius 1 is 1.17 bits per heavy atom. The van der Waals surface area contributed by atoms with Gasteiger partial charge in [0.15, 0.2) is 0 Å². The molecule has 35 heavy (non-hydrogen) atoms. The van der Waals surface area contributed by atoms with E-state index >= 15 is 0 Å². The molecule has 5 rings (SSSR count). The van der Waals surface area contributed by atoms with Gasteiger partial charge in [0.2, 0.25) is 0 Å². The Hall–Kier alpha value is -2.77. The molecule has 0 spiro atoms. The fourth-order valence-electron chi connectivity index (χ4n) is 4.16. The molecule has 1 aliphatic rings. The summed E-state index contributed by atoms with van der Waals surface area (Å²) in [4.78, 5) is 32.8. The molecular formula is C23H28N6O4S2. The highest BCUT2D eigenvalue weighted by molar-refractivity contribution is 8.22. The summed E-state index contributed by atoms with van der Waals surface area (Å²) in [7, 11) is -1.56. The van der Waals surface area contributed by atoms with E-state index in [1.54, 1.807) is 40.8 Å². The summed E-state index contributed by atoms with van der Waals surface area (Å²) < 4.78 is 29.0. The van der Waals surface area contributed by atoms with Gasteiger partial charge in [0.25, 0.3) is 5.56 Å². The molecule has 0 radical (unpaired) electrons. The third-order valence-corrected chi connectivity index (χ3v) is 9.06. The Labute approximate surface area is 207 Å². The van der Waals surface area contributed by atoms with Crippen molar-refractivity contribution in [3.8, 4) is 0 Å². The molecule has 1 aromatic carbocycles. The van der Waals surface area contributed by atoms with Gasteiger partial charge in [0.05, 0.1) is 45.8 Å². The topological polar surface area (TPSA) is 127 Å². The Bertz CT molecular complexity index is 1560. The Balaban J connectivity index is 1.69. The van der Waals surface area contributed by atoms with E-state index < -0.39 is 22.0 Å². The zero-order valence-electron chi connectivity index (χ0n) is 20.0. The summed E-state index contributed by atoms with van der Waals surface area (Å²) in [6.45, 7) is 6.05. The van der Waals surface area contributed by atoms with E-state index in [1.807, 2.05) is 20.8 Å². The minimum absolute atomic E-state index is 0.0545. The molecule has 1 aliphatic carbocycles. The van der Waals surface area contributed by atoms with Gasteiger partial charge in [0, 0.05) is 29.2 Å². The SMILES string of the molecule is Cc1nc(C)c(Cn2c(=O)n(Cc3cnn(C)c3)c(=O)c3cc(S(O)(O)NC4(C)CC4)ccc32)s1. The molecule has 3 aromatic heterocycles. The first-order valence-electron chi connectivity index (χ1n) is 11.2. The van der Waals surface area contributed by atoms with Crippen LogP contribution in [0.15, 0.2) is 45.1 Å². The van der Waals surface area contributed by atoms with Crippen molar-refractivity contribution in [1.29, 1.82) is 0 Å². The highest BCUT2D eigenvalue weighted by Gasteiger charge is 2.41. The second-order valence-electron chi connectivity index (χ2n) is 9.41. The lowest BCUT2D eigenvalue weighted by molar-refractivity contribution is 0.453. The van der Waals surface area contributed by atoms with E-state index in [2.05, 4.69) is 14.8 Å². The lowest BCUT2D eigenvalue weighted by Crippen LogP contribution is -2.40. The van der Waals surface area contributed by atoms with Gasteiger partial charge >= 0.3 is 5.69 Å². The van der Waals surface area contributed by atoms with Crippen LogP contribution >= 0.6 is 22.1 Å². The van der Waals surface area contributed by atoms with E-state index in [1.165, 1.54) is 22.0 Å². The molecule has 0 atom stereocenters. The number of rotatable bonds is 7. The highest BCUT2D eigenvalue weighted by atomic mass is 32.3. The predicted octanol–water partition coefficient (Wildman–Crippen LogP) is 3.23. The van der Waals surface area contributed by atoms with Gasteiger partial charge < -0.3 is 0 Å². The van der Waals surface area contributed by atoms with E-state index in [4.69, 9.17) is 0 Å². The second kappa shape index (κ2) is 8.42. The van der Waals surface area contributed by atoms with Gasteiger partial charge in [0.1, 0.15) is 0 Å². The predicted molar refractivity (Wildman–Crippen MR) is 137 cm³/mol. The second-order valence-corrected chi connectivity index (χ2v) is 12.5. The number of benzene rings is 1. The number of nitrogens with zero attached hydrogens (tertiary/aromatic N) is 5. The molecule has 0 saturated heterocycles. The summed E-state index contributed by atoms with van der Waals surface area (Å²) in [5.41, 5.74) is 0.729. The van der Waals surface area contributed by atoms with Crippen LogP contribution in [0, 0.1) is 13.8 Å². The minimum atomic E-state index is -3.32. The molecule has 3 heterocycles. The average molecular weight is 517 g/mol. The maximum absolute atomic E-state index is 13.6. The molecule has 186 valence electrons. The number of fused-ring (bicyclic) bond motifs is 1.